The van der Waals surface area contributed by atoms with Crippen LogP contribution in [0.5, 0.6) is 11.5 Å². The quantitative estimate of drug-likeness (QED) is 0.256. The van der Waals surface area contributed by atoms with Crippen molar-refractivity contribution in [3.05, 3.63) is 47.0 Å². The highest BCUT2D eigenvalue weighted by Gasteiger charge is 2.69. The highest BCUT2D eigenvalue weighted by atomic mass is 16.5. The standard InChI is InChI=1S/C33H35N3O8/c1-15(2)24-21-13-17-12-20-18(19-11-16(5-8-23(19)44-3)14-36-10-4-9-34)6-7-22(37)26(20)29(39)25(17)30(40)33(21,43)31(41)27(28(24)38)32(35)42/h5-8,11,15,17,21,24-25,27,36-37,43H,4,10,12-14H2,1-3H3,(H2,35,42)/t17-,21-,24-,25?,27?,33-/m0/s1. The highest BCUT2D eigenvalue weighted by Crippen LogP contribution is 2.54. The van der Waals surface area contributed by atoms with Crippen LogP contribution in [0, 0.1) is 46.8 Å². The van der Waals surface area contributed by atoms with Gasteiger partial charge in [-0.25, -0.2) is 0 Å². The molecule has 1 amide bonds. The topological polar surface area (TPSA) is 197 Å². The van der Waals surface area contributed by atoms with Gasteiger partial charge in [-0.05, 0) is 59.6 Å². The fourth-order valence-corrected chi connectivity index (χ4v) is 7.56. The van der Waals surface area contributed by atoms with Gasteiger partial charge in [0.05, 0.1) is 24.7 Å². The van der Waals surface area contributed by atoms with Gasteiger partial charge >= 0.3 is 0 Å². The molecule has 5 rings (SSSR count). The first-order valence-corrected chi connectivity index (χ1v) is 14.7. The van der Waals surface area contributed by atoms with E-state index in [1.807, 2.05) is 12.1 Å². The Labute approximate surface area is 254 Å². The van der Waals surface area contributed by atoms with E-state index in [9.17, 15) is 34.2 Å². The summed E-state index contributed by atoms with van der Waals surface area (Å²) >= 11 is 0. The number of carbonyl (C=O) groups is 5. The Kier molecular flexibility index (Phi) is 8.18. The lowest BCUT2D eigenvalue weighted by atomic mass is 9.49. The van der Waals surface area contributed by atoms with Gasteiger partial charge in [-0.15, -0.1) is 0 Å². The maximum absolute atomic E-state index is 14.1. The number of carbonyl (C=O) groups excluding carboxylic acids is 5. The van der Waals surface area contributed by atoms with Crippen molar-refractivity contribution in [3.8, 4) is 28.7 Å². The summed E-state index contributed by atoms with van der Waals surface area (Å²) in [5.74, 6) is -11.6. The van der Waals surface area contributed by atoms with Gasteiger partial charge in [0.2, 0.25) is 5.91 Å². The van der Waals surface area contributed by atoms with Gasteiger partial charge in [0.15, 0.2) is 34.7 Å². The minimum atomic E-state index is -2.74. The van der Waals surface area contributed by atoms with Crippen molar-refractivity contribution in [1.29, 1.82) is 5.26 Å². The fraction of sp³-hybridized carbons (Fsp3) is 0.455. The number of methoxy groups -OCH3 is 1. The van der Waals surface area contributed by atoms with Crippen molar-refractivity contribution in [2.75, 3.05) is 13.7 Å². The number of aromatic hydroxyl groups is 1. The first-order valence-electron chi connectivity index (χ1n) is 14.7. The van der Waals surface area contributed by atoms with Crippen molar-refractivity contribution in [3.63, 3.8) is 0 Å². The number of Topliss-reactive ketones (excluding diaryl/α,β-unsaturated/α-hetero) is 4. The molecular weight excluding hydrogens is 566 g/mol. The molecule has 5 N–H and O–H groups in total. The molecule has 0 bridgehead atoms. The van der Waals surface area contributed by atoms with Gasteiger partial charge < -0.3 is 26.0 Å². The molecule has 6 atom stereocenters. The second-order valence-electron chi connectivity index (χ2n) is 12.3. The highest BCUT2D eigenvalue weighted by molar-refractivity contribution is 6.32. The van der Waals surface area contributed by atoms with Crippen molar-refractivity contribution >= 4 is 29.0 Å². The lowest BCUT2D eigenvalue weighted by Gasteiger charge is -2.52. The largest absolute Gasteiger partial charge is 0.507 e. The molecule has 0 saturated heterocycles. The normalized spacial score (nSPS) is 27.8. The van der Waals surface area contributed by atoms with Gasteiger partial charge in [-0.3, -0.25) is 24.0 Å². The van der Waals surface area contributed by atoms with Crippen LogP contribution in [-0.4, -0.2) is 58.5 Å². The molecule has 230 valence electrons. The monoisotopic (exact) mass is 601 g/mol. The number of phenolic OH excluding ortho intramolecular Hbond substituents is 1. The van der Waals surface area contributed by atoms with E-state index < -0.39 is 70.1 Å². The number of ether oxygens (including phenoxy) is 1. The third-order valence-corrected chi connectivity index (χ3v) is 9.49. The van der Waals surface area contributed by atoms with E-state index in [1.165, 1.54) is 13.2 Å². The zero-order chi connectivity index (χ0) is 32.1. The summed E-state index contributed by atoms with van der Waals surface area (Å²) in [4.78, 5) is 67.2. The third kappa shape index (κ3) is 4.69. The molecule has 3 aliphatic rings. The van der Waals surface area contributed by atoms with E-state index >= 15 is 0 Å². The summed E-state index contributed by atoms with van der Waals surface area (Å²) in [6, 6.07) is 10.7. The Balaban J connectivity index is 1.61. The lowest BCUT2D eigenvalue weighted by Crippen LogP contribution is -2.71. The number of ketones is 4. The Morgan fingerprint density at radius 3 is 2.52 bits per heavy atom. The van der Waals surface area contributed by atoms with Gasteiger partial charge in [0, 0.05) is 36.9 Å². The average Bonchev–Trinajstić information content (AvgIpc) is 2.97. The summed E-state index contributed by atoms with van der Waals surface area (Å²) in [6.45, 7) is 4.40. The molecule has 11 nitrogen and oxygen atoms in total. The Morgan fingerprint density at radius 2 is 1.89 bits per heavy atom. The van der Waals surface area contributed by atoms with Crippen molar-refractivity contribution in [2.45, 2.75) is 45.3 Å². The molecule has 2 unspecified atom stereocenters. The van der Waals surface area contributed by atoms with Crippen molar-refractivity contribution in [2.24, 2.45) is 41.2 Å². The number of phenols is 1. The first kappa shape index (κ1) is 31.0. The SMILES string of the molecule is COc1ccc(CNCCC#N)cc1-c1ccc(O)c2c1C[C@H]1C[C@H]3[C@H](C(C)C)C(=O)C(C(N)=O)C(=O)[C@@]3(O)C(=O)C1C2=O. The molecule has 0 aliphatic heterocycles. The van der Waals surface area contributed by atoms with Crippen LogP contribution in [-0.2, 0) is 32.1 Å². The number of nitrogens with zero attached hydrogens (tertiary/aromatic N) is 1. The number of nitriles is 1. The maximum Gasteiger partial charge on any atom is 0.235 e. The molecule has 0 spiro atoms. The average molecular weight is 602 g/mol. The summed E-state index contributed by atoms with van der Waals surface area (Å²) in [5, 5.41) is 34.7. The minimum Gasteiger partial charge on any atom is -0.507 e. The third-order valence-electron chi connectivity index (χ3n) is 9.49. The van der Waals surface area contributed by atoms with Crippen LogP contribution in [0.2, 0.25) is 0 Å². The van der Waals surface area contributed by atoms with Crippen LogP contribution in [0.15, 0.2) is 30.3 Å². The number of hydrogen-bond acceptors (Lipinski definition) is 10. The van der Waals surface area contributed by atoms with Crippen LogP contribution >= 0.6 is 0 Å². The summed E-state index contributed by atoms with van der Waals surface area (Å²) in [5.41, 5.74) is 5.23. The number of nitrogens with one attached hydrogen (secondary N) is 1. The molecule has 2 saturated carbocycles. The smallest absolute Gasteiger partial charge is 0.235 e. The Morgan fingerprint density at radius 1 is 1.16 bits per heavy atom. The van der Waals surface area contributed by atoms with Crippen LogP contribution in [0.25, 0.3) is 11.1 Å². The first-order chi connectivity index (χ1) is 20.9. The number of amides is 1. The number of aliphatic hydroxyl groups is 1. The molecule has 0 heterocycles. The predicted octanol–water partition coefficient (Wildman–Crippen LogP) is 1.89. The van der Waals surface area contributed by atoms with E-state index in [-0.39, 0.29) is 24.2 Å². The number of primary amides is 1. The summed E-state index contributed by atoms with van der Waals surface area (Å²) < 4.78 is 5.64. The Hall–Kier alpha value is -4.40. The zero-order valence-corrected chi connectivity index (χ0v) is 24.8. The second-order valence-corrected chi connectivity index (χ2v) is 12.3. The van der Waals surface area contributed by atoms with Crippen LogP contribution < -0.4 is 15.8 Å². The van der Waals surface area contributed by atoms with Crippen molar-refractivity contribution < 1.29 is 38.9 Å². The number of fused-ring (bicyclic) bond motifs is 3. The molecule has 2 aromatic carbocycles. The maximum atomic E-state index is 14.1. The molecule has 11 heteroatoms. The van der Waals surface area contributed by atoms with Gasteiger partial charge in [-0.2, -0.15) is 5.26 Å². The molecule has 0 radical (unpaired) electrons. The number of benzene rings is 2. The molecule has 3 aliphatic carbocycles. The van der Waals surface area contributed by atoms with Crippen LogP contribution in [0.4, 0.5) is 0 Å². The van der Waals surface area contributed by atoms with Gasteiger partial charge in [0.25, 0.3) is 0 Å². The number of nitrogens with two attached hydrogens (primary N) is 1. The predicted molar refractivity (Wildman–Crippen MR) is 156 cm³/mol. The Bertz CT molecular complexity index is 1630. The summed E-state index contributed by atoms with van der Waals surface area (Å²) in [7, 11) is 1.51. The fourth-order valence-electron chi connectivity index (χ4n) is 7.56. The second kappa shape index (κ2) is 11.6. The van der Waals surface area contributed by atoms with Gasteiger partial charge in [-0.1, -0.05) is 26.0 Å². The lowest BCUT2D eigenvalue weighted by molar-refractivity contribution is -0.182. The van der Waals surface area contributed by atoms with E-state index in [4.69, 9.17) is 15.7 Å². The molecule has 44 heavy (non-hydrogen) atoms. The van der Waals surface area contributed by atoms with E-state index in [0.29, 0.717) is 42.0 Å². The molecule has 2 fully saturated rings. The van der Waals surface area contributed by atoms with Crippen LogP contribution in [0.3, 0.4) is 0 Å². The van der Waals surface area contributed by atoms with Crippen molar-refractivity contribution in [1.82, 2.24) is 5.32 Å². The van der Waals surface area contributed by atoms with Gasteiger partial charge in [0.1, 0.15) is 11.5 Å². The summed E-state index contributed by atoms with van der Waals surface area (Å²) in [6.07, 6.45) is 0.499. The minimum absolute atomic E-state index is 0.00101. The molecule has 0 aromatic heterocycles. The van der Waals surface area contributed by atoms with E-state index in [2.05, 4.69) is 11.4 Å². The molecular formula is C33H35N3O8. The number of hydrogen-bond donors (Lipinski definition) is 4. The van der Waals surface area contributed by atoms with E-state index in [0.717, 1.165) is 5.56 Å². The van der Waals surface area contributed by atoms with E-state index in [1.54, 1.807) is 26.0 Å². The molecule has 2 aromatic rings. The zero-order valence-electron chi connectivity index (χ0n) is 24.8. The van der Waals surface area contributed by atoms with Crippen LogP contribution in [0.1, 0.15) is 48.2 Å². The number of rotatable bonds is 8.